The molecular weight excluding hydrogens is 186 g/mol. The normalized spacial score (nSPS) is 12.8. The van der Waals surface area contributed by atoms with Gasteiger partial charge in [0.2, 0.25) is 5.95 Å². The first-order valence-corrected chi connectivity index (χ1v) is 5.87. The zero-order chi connectivity index (χ0) is 9.84. The number of imidazole rings is 1. The van der Waals surface area contributed by atoms with Gasteiger partial charge >= 0.3 is 0 Å². The predicted octanol–water partition coefficient (Wildman–Crippen LogP) is 0.612. The number of rotatable bonds is 4. The van der Waals surface area contributed by atoms with Crippen molar-refractivity contribution in [1.29, 1.82) is 0 Å². The molecule has 1 rings (SSSR count). The van der Waals surface area contributed by atoms with Crippen LogP contribution in [0.2, 0.25) is 0 Å². The van der Waals surface area contributed by atoms with E-state index < -0.39 is 10.8 Å². The Labute approximate surface area is 80.8 Å². The third kappa shape index (κ3) is 2.84. The van der Waals surface area contributed by atoms with Crippen molar-refractivity contribution in [1.82, 2.24) is 9.55 Å². The van der Waals surface area contributed by atoms with Crippen LogP contribution in [0.15, 0.2) is 6.20 Å². The summed E-state index contributed by atoms with van der Waals surface area (Å²) >= 11 is 0. The van der Waals surface area contributed by atoms with Gasteiger partial charge in [0.15, 0.2) is 0 Å². The van der Waals surface area contributed by atoms with Crippen LogP contribution < -0.4 is 5.32 Å². The minimum Gasteiger partial charge on any atom is -0.359 e. The molecule has 0 amide bonds. The maximum atomic E-state index is 10.9. The summed E-state index contributed by atoms with van der Waals surface area (Å²) in [5.74, 6) is 1.51. The fraction of sp³-hybridized carbons (Fsp3) is 0.625. The van der Waals surface area contributed by atoms with E-state index in [2.05, 4.69) is 10.3 Å². The third-order valence-electron chi connectivity index (χ3n) is 1.74. The van der Waals surface area contributed by atoms with Gasteiger partial charge in [0.25, 0.3) is 0 Å². The Morgan fingerprint density at radius 3 is 2.92 bits per heavy atom. The summed E-state index contributed by atoms with van der Waals surface area (Å²) in [6.45, 7) is 2.69. The lowest BCUT2D eigenvalue weighted by atomic mass is 10.6. The molecule has 1 atom stereocenters. The van der Waals surface area contributed by atoms with Gasteiger partial charge < -0.3 is 9.88 Å². The average molecular weight is 201 g/mol. The summed E-state index contributed by atoms with van der Waals surface area (Å²) in [5.41, 5.74) is 0.978. The highest BCUT2D eigenvalue weighted by Gasteiger charge is 2.03. The molecule has 0 aromatic carbocycles. The van der Waals surface area contributed by atoms with E-state index in [1.54, 1.807) is 6.26 Å². The summed E-state index contributed by atoms with van der Waals surface area (Å²) in [4.78, 5) is 4.26. The van der Waals surface area contributed by atoms with E-state index in [1.165, 1.54) is 0 Å². The van der Waals surface area contributed by atoms with Crippen LogP contribution in [0.25, 0.3) is 0 Å². The molecule has 1 unspecified atom stereocenters. The molecule has 0 aliphatic heterocycles. The fourth-order valence-electron chi connectivity index (χ4n) is 1.14. The van der Waals surface area contributed by atoms with E-state index in [4.69, 9.17) is 0 Å². The summed E-state index contributed by atoms with van der Waals surface area (Å²) in [7, 11) is 1.09. The fourth-order valence-corrected chi connectivity index (χ4v) is 1.60. The van der Waals surface area contributed by atoms with Gasteiger partial charge in [0.05, 0.1) is 5.69 Å². The minimum absolute atomic E-state index is 0.671. The highest BCUT2D eigenvalue weighted by atomic mass is 32.2. The topological polar surface area (TPSA) is 46.9 Å². The molecule has 0 radical (unpaired) electrons. The summed E-state index contributed by atoms with van der Waals surface area (Å²) < 4.78 is 12.9. The molecule has 0 fully saturated rings. The van der Waals surface area contributed by atoms with Crippen molar-refractivity contribution >= 4 is 16.7 Å². The van der Waals surface area contributed by atoms with Gasteiger partial charge in [-0.15, -0.1) is 0 Å². The molecule has 13 heavy (non-hydrogen) atoms. The lowest BCUT2D eigenvalue weighted by Gasteiger charge is -2.04. The van der Waals surface area contributed by atoms with Crippen molar-refractivity contribution in [3.05, 3.63) is 11.9 Å². The van der Waals surface area contributed by atoms with Gasteiger partial charge in [0, 0.05) is 42.6 Å². The molecule has 0 spiro atoms. The predicted molar refractivity (Wildman–Crippen MR) is 55.4 cm³/mol. The monoisotopic (exact) mass is 201 g/mol. The summed E-state index contributed by atoms with van der Waals surface area (Å²) in [6.07, 6.45) is 3.67. The Bertz CT molecular complexity index is 308. The van der Waals surface area contributed by atoms with Gasteiger partial charge in [-0.05, 0) is 6.92 Å². The van der Waals surface area contributed by atoms with Crippen LogP contribution in [0.4, 0.5) is 5.95 Å². The number of hydrogen-bond donors (Lipinski definition) is 1. The standard InChI is InChI=1S/C8H15N3OS/c1-7-6-11(4-5-13(3)12)8(9-2)10-7/h6H,4-5H2,1-3H3,(H,9,10). The van der Waals surface area contributed by atoms with Crippen molar-refractivity contribution in [2.75, 3.05) is 24.4 Å². The smallest absolute Gasteiger partial charge is 0.202 e. The van der Waals surface area contributed by atoms with Crippen LogP contribution in [0.5, 0.6) is 0 Å². The van der Waals surface area contributed by atoms with Gasteiger partial charge in [-0.1, -0.05) is 0 Å². The molecule has 5 heteroatoms. The highest BCUT2D eigenvalue weighted by molar-refractivity contribution is 7.84. The largest absolute Gasteiger partial charge is 0.359 e. The maximum absolute atomic E-state index is 10.9. The van der Waals surface area contributed by atoms with E-state index >= 15 is 0 Å². The molecular formula is C8H15N3OS. The number of nitrogens with zero attached hydrogens (tertiary/aromatic N) is 2. The Morgan fingerprint density at radius 1 is 1.69 bits per heavy atom. The molecule has 0 saturated heterocycles. The molecule has 1 N–H and O–H groups in total. The first-order chi connectivity index (χ1) is 6.13. The Kier molecular flexibility index (Phi) is 3.48. The van der Waals surface area contributed by atoms with E-state index in [9.17, 15) is 4.21 Å². The Balaban J connectivity index is 2.69. The van der Waals surface area contributed by atoms with Gasteiger partial charge in [-0.2, -0.15) is 0 Å². The molecule has 1 aromatic rings. The number of hydrogen-bond acceptors (Lipinski definition) is 3. The number of aryl methyl sites for hydroxylation is 2. The van der Waals surface area contributed by atoms with Crippen LogP contribution in [0.1, 0.15) is 5.69 Å². The molecule has 0 aliphatic rings. The van der Waals surface area contributed by atoms with E-state index in [0.29, 0.717) is 5.75 Å². The zero-order valence-corrected chi connectivity index (χ0v) is 9.02. The molecule has 0 saturated carbocycles. The highest BCUT2D eigenvalue weighted by Crippen LogP contribution is 2.06. The molecule has 4 nitrogen and oxygen atoms in total. The van der Waals surface area contributed by atoms with Crippen molar-refractivity contribution in [2.45, 2.75) is 13.5 Å². The van der Waals surface area contributed by atoms with Crippen molar-refractivity contribution in [3.63, 3.8) is 0 Å². The number of nitrogens with one attached hydrogen (secondary N) is 1. The Morgan fingerprint density at radius 2 is 2.38 bits per heavy atom. The quantitative estimate of drug-likeness (QED) is 0.776. The second-order valence-electron chi connectivity index (χ2n) is 2.93. The SMILES string of the molecule is CNc1nc(C)cn1CCS(C)=O. The van der Waals surface area contributed by atoms with E-state index in [-0.39, 0.29) is 0 Å². The average Bonchev–Trinajstić information content (AvgIpc) is 2.42. The molecule has 0 bridgehead atoms. The van der Waals surface area contributed by atoms with Crippen molar-refractivity contribution in [3.8, 4) is 0 Å². The van der Waals surface area contributed by atoms with Crippen LogP contribution >= 0.6 is 0 Å². The molecule has 1 heterocycles. The van der Waals surface area contributed by atoms with Gasteiger partial charge in [-0.3, -0.25) is 4.21 Å². The molecule has 74 valence electrons. The van der Waals surface area contributed by atoms with E-state index in [1.807, 2.05) is 24.7 Å². The number of anilines is 1. The summed E-state index contributed by atoms with van der Waals surface area (Å²) in [5, 5.41) is 2.99. The van der Waals surface area contributed by atoms with Crippen molar-refractivity contribution < 1.29 is 4.21 Å². The lowest BCUT2D eigenvalue weighted by molar-refractivity contribution is 0.678. The molecule has 1 aromatic heterocycles. The lowest BCUT2D eigenvalue weighted by Crippen LogP contribution is -2.08. The van der Waals surface area contributed by atoms with Crippen LogP contribution in [0.3, 0.4) is 0 Å². The first-order valence-electron chi connectivity index (χ1n) is 4.15. The van der Waals surface area contributed by atoms with Gasteiger partial charge in [-0.25, -0.2) is 4.98 Å². The van der Waals surface area contributed by atoms with Crippen molar-refractivity contribution in [2.24, 2.45) is 0 Å². The molecule has 0 aliphatic carbocycles. The third-order valence-corrected chi connectivity index (χ3v) is 2.50. The minimum atomic E-state index is -0.743. The number of aromatic nitrogens is 2. The van der Waals surface area contributed by atoms with Gasteiger partial charge in [0.1, 0.15) is 0 Å². The van der Waals surface area contributed by atoms with Crippen LogP contribution in [-0.2, 0) is 17.3 Å². The maximum Gasteiger partial charge on any atom is 0.202 e. The van der Waals surface area contributed by atoms with Crippen LogP contribution in [-0.4, -0.2) is 32.8 Å². The second-order valence-corrected chi connectivity index (χ2v) is 4.48. The zero-order valence-electron chi connectivity index (χ0n) is 8.20. The first kappa shape index (κ1) is 10.2. The summed E-state index contributed by atoms with van der Waals surface area (Å²) in [6, 6.07) is 0. The van der Waals surface area contributed by atoms with E-state index in [0.717, 1.165) is 18.2 Å². The Hall–Kier alpha value is -0.840. The second kappa shape index (κ2) is 4.41. The van der Waals surface area contributed by atoms with Crippen LogP contribution in [0, 0.1) is 6.92 Å².